The van der Waals surface area contributed by atoms with Crippen LogP contribution in [0, 0.1) is 12.8 Å². The number of Topliss-reactive ketones (excluding diaryl/α,β-unsaturated/α-hetero) is 1. The molecular weight excluding hydrogens is 468 g/mol. The second kappa shape index (κ2) is 9.50. The molecule has 0 bridgehead atoms. The van der Waals surface area contributed by atoms with Gasteiger partial charge in [-0.05, 0) is 54.8 Å². The summed E-state index contributed by atoms with van der Waals surface area (Å²) in [5.74, 6) is -1.04. The van der Waals surface area contributed by atoms with Crippen LogP contribution in [0.2, 0.25) is 0 Å². The van der Waals surface area contributed by atoms with Crippen molar-refractivity contribution in [2.45, 2.75) is 26.8 Å². The Bertz CT molecular complexity index is 1550. The number of amides is 1. The van der Waals surface area contributed by atoms with Crippen LogP contribution in [0.5, 0.6) is 11.5 Å². The minimum absolute atomic E-state index is 0.0479. The quantitative estimate of drug-likeness (QED) is 0.177. The Labute approximate surface area is 214 Å². The predicted molar refractivity (Wildman–Crippen MR) is 143 cm³/mol. The molecule has 1 aromatic heterocycles. The van der Waals surface area contributed by atoms with Crippen molar-refractivity contribution in [3.8, 4) is 11.5 Å². The molecule has 1 aliphatic heterocycles. The molecule has 4 aromatic rings. The number of aromatic hydroxyl groups is 1. The van der Waals surface area contributed by atoms with Gasteiger partial charge in [-0.2, -0.15) is 0 Å². The fourth-order valence-electron chi connectivity index (χ4n) is 4.73. The van der Waals surface area contributed by atoms with Crippen molar-refractivity contribution < 1.29 is 24.5 Å². The van der Waals surface area contributed by atoms with E-state index < -0.39 is 17.7 Å². The third-order valence-corrected chi connectivity index (χ3v) is 6.52. The average Bonchev–Trinajstić information content (AvgIpc) is 3.41. The number of nitrogens with zero attached hydrogens (tertiary/aromatic N) is 1. The van der Waals surface area contributed by atoms with E-state index in [0.717, 1.165) is 16.5 Å². The van der Waals surface area contributed by atoms with Crippen LogP contribution in [0.1, 0.15) is 36.6 Å². The first-order chi connectivity index (χ1) is 17.8. The van der Waals surface area contributed by atoms with Gasteiger partial charge in [-0.1, -0.05) is 44.2 Å². The molecule has 0 spiro atoms. The van der Waals surface area contributed by atoms with E-state index in [1.54, 1.807) is 42.6 Å². The molecule has 188 valence electrons. The van der Waals surface area contributed by atoms with Crippen LogP contribution in [0.15, 0.2) is 78.5 Å². The Morgan fingerprint density at radius 1 is 1.05 bits per heavy atom. The maximum Gasteiger partial charge on any atom is 0.300 e. The Morgan fingerprint density at radius 2 is 1.78 bits per heavy atom. The summed E-state index contributed by atoms with van der Waals surface area (Å²) in [5, 5.41) is 22.9. The van der Waals surface area contributed by atoms with Gasteiger partial charge in [-0.15, -0.1) is 0 Å². The molecule has 2 heterocycles. The molecule has 3 aromatic carbocycles. The number of hydrogen-bond acceptors (Lipinski definition) is 5. The van der Waals surface area contributed by atoms with Gasteiger partial charge in [0.15, 0.2) is 0 Å². The van der Waals surface area contributed by atoms with Crippen LogP contribution in [0.25, 0.3) is 16.7 Å². The molecule has 1 aliphatic rings. The van der Waals surface area contributed by atoms with Crippen molar-refractivity contribution in [2.24, 2.45) is 5.92 Å². The number of aryl methyl sites for hydroxylation is 1. The molecule has 0 radical (unpaired) electrons. The number of carbonyl (C=O) groups is 2. The maximum absolute atomic E-state index is 13.5. The second-order valence-electron chi connectivity index (χ2n) is 9.63. The van der Waals surface area contributed by atoms with E-state index in [4.69, 9.17) is 4.74 Å². The van der Waals surface area contributed by atoms with Crippen LogP contribution < -0.4 is 9.64 Å². The molecule has 1 fully saturated rings. The van der Waals surface area contributed by atoms with Crippen LogP contribution >= 0.6 is 0 Å². The van der Waals surface area contributed by atoms with Gasteiger partial charge in [-0.25, -0.2) is 0 Å². The van der Waals surface area contributed by atoms with E-state index >= 15 is 0 Å². The molecule has 1 amide bonds. The second-order valence-corrected chi connectivity index (χ2v) is 9.63. The summed E-state index contributed by atoms with van der Waals surface area (Å²) in [6.07, 6.45) is 1.73. The SMILES string of the molecule is Cc1cc(/C(O)=C2\C(=O)C(=O)N(c3ccccc3O)C2c2c[nH]c3ccccc23)ccc1OCC(C)C. The van der Waals surface area contributed by atoms with Gasteiger partial charge >= 0.3 is 0 Å². The standard InChI is InChI=1S/C30H28N2O5/c1-17(2)16-37-25-13-12-19(14-18(25)3)28(34)26-27(21-15-31-22-9-5-4-8-20(21)22)32(30(36)29(26)35)23-10-6-7-11-24(23)33/h4-15,17,27,31,33-34H,16H2,1-3H3/b28-26+. The number of carbonyl (C=O) groups excluding carboxylic acids is 2. The van der Waals surface area contributed by atoms with Gasteiger partial charge in [0.1, 0.15) is 17.3 Å². The van der Waals surface area contributed by atoms with Crippen molar-refractivity contribution in [3.63, 3.8) is 0 Å². The van der Waals surface area contributed by atoms with Crippen LogP contribution in [0.3, 0.4) is 0 Å². The normalized spacial score (nSPS) is 17.2. The van der Waals surface area contributed by atoms with E-state index in [1.807, 2.05) is 31.2 Å². The molecule has 1 atom stereocenters. The monoisotopic (exact) mass is 496 g/mol. The van der Waals surface area contributed by atoms with Gasteiger partial charge < -0.3 is 19.9 Å². The van der Waals surface area contributed by atoms with Crippen molar-refractivity contribution in [3.05, 3.63) is 95.2 Å². The molecule has 0 aliphatic carbocycles. The summed E-state index contributed by atoms with van der Waals surface area (Å²) < 4.78 is 5.85. The van der Waals surface area contributed by atoms with Gasteiger partial charge in [-0.3, -0.25) is 14.5 Å². The first-order valence-electron chi connectivity index (χ1n) is 12.2. The number of ketones is 1. The number of nitrogens with one attached hydrogen (secondary N) is 1. The number of rotatable bonds is 6. The minimum atomic E-state index is -0.957. The fraction of sp³-hybridized carbons (Fsp3) is 0.200. The van der Waals surface area contributed by atoms with Crippen molar-refractivity contribution in [1.82, 2.24) is 4.98 Å². The van der Waals surface area contributed by atoms with Gasteiger partial charge in [0, 0.05) is 28.2 Å². The molecule has 1 unspecified atom stereocenters. The highest BCUT2D eigenvalue weighted by atomic mass is 16.5. The lowest BCUT2D eigenvalue weighted by molar-refractivity contribution is -0.132. The zero-order valence-corrected chi connectivity index (χ0v) is 20.9. The summed E-state index contributed by atoms with van der Waals surface area (Å²) in [7, 11) is 0. The van der Waals surface area contributed by atoms with Crippen molar-refractivity contribution in [1.29, 1.82) is 0 Å². The number of benzene rings is 3. The molecule has 1 saturated heterocycles. The molecule has 5 rings (SSSR count). The van der Waals surface area contributed by atoms with Crippen LogP contribution in [-0.4, -0.2) is 33.5 Å². The number of para-hydroxylation sites is 3. The molecule has 37 heavy (non-hydrogen) atoms. The Balaban J connectivity index is 1.69. The highest BCUT2D eigenvalue weighted by Crippen LogP contribution is 2.46. The topological polar surface area (TPSA) is 103 Å². The molecule has 7 nitrogen and oxygen atoms in total. The summed E-state index contributed by atoms with van der Waals surface area (Å²) in [5.41, 5.74) is 2.79. The number of aromatic amines is 1. The zero-order chi connectivity index (χ0) is 26.3. The molecule has 0 saturated carbocycles. The van der Waals surface area contributed by atoms with Crippen LogP contribution in [-0.2, 0) is 9.59 Å². The number of aromatic nitrogens is 1. The van der Waals surface area contributed by atoms with E-state index in [2.05, 4.69) is 18.8 Å². The maximum atomic E-state index is 13.5. The lowest BCUT2D eigenvalue weighted by atomic mass is 9.94. The minimum Gasteiger partial charge on any atom is -0.507 e. The number of H-pyrrole nitrogens is 1. The van der Waals surface area contributed by atoms with Gasteiger partial charge in [0.05, 0.1) is 23.9 Å². The highest BCUT2D eigenvalue weighted by molar-refractivity contribution is 6.52. The molecular formula is C30H28N2O5. The largest absolute Gasteiger partial charge is 0.507 e. The zero-order valence-electron chi connectivity index (χ0n) is 20.9. The number of phenols is 1. The average molecular weight is 497 g/mol. The first-order valence-corrected chi connectivity index (χ1v) is 12.2. The van der Waals surface area contributed by atoms with Gasteiger partial charge in [0.25, 0.3) is 11.7 Å². The Morgan fingerprint density at radius 3 is 2.51 bits per heavy atom. The predicted octanol–water partition coefficient (Wildman–Crippen LogP) is 5.84. The number of ether oxygens (including phenoxy) is 1. The lowest BCUT2D eigenvalue weighted by Crippen LogP contribution is -2.29. The molecule has 7 heteroatoms. The lowest BCUT2D eigenvalue weighted by Gasteiger charge is -2.25. The number of anilines is 1. The summed E-state index contributed by atoms with van der Waals surface area (Å²) in [6.45, 7) is 6.54. The third-order valence-electron chi connectivity index (χ3n) is 6.52. The first kappa shape index (κ1) is 24.2. The number of hydrogen-bond donors (Lipinski definition) is 3. The number of fused-ring (bicyclic) bond motifs is 1. The summed E-state index contributed by atoms with van der Waals surface area (Å²) in [6, 6.07) is 18.1. The van der Waals surface area contributed by atoms with Crippen LogP contribution in [0.4, 0.5) is 5.69 Å². The fourth-order valence-corrected chi connectivity index (χ4v) is 4.73. The van der Waals surface area contributed by atoms with Crippen molar-refractivity contribution >= 4 is 34.0 Å². The number of phenolic OH excluding ortho intramolecular Hbond substituents is 1. The van der Waals surface area contributed by atoms with Crippen molar-refractivity contribution in [2.75, 3.05) is 11.5 Å². The third kappa shape index (κ3) is 4.22. The van der Waals surface area contributed by atoms with Gasteiger partial charge in [0.2, 0.25) is 0 Å². The van der Waals surface area contributed by atoms with E-state index in [-0.39, 0.29) is 22.8 Å². The van der Waals surface area contributed by atoms with E-state index in [9.17, 15) is 19.8 Å². The number of aliphatic hydroxyl groups is 1. The Kier molecular flexibility index (Phi) is 6.21. The molecule has 3 N–H and O–H groups in total. The highest BCUT2D eigenvalue weighted by Gasteiger charge is 2.48. The summed E-state index contributed by atoms with van der Waals surface area (Å²) in [4.78, 5) is 31.3. The van der Waals surface area contributed by atoms with E-state index in [1.165, 1.54) is 11.0 Å². The smallest absolute Gasteiger partial charge is 0.300 e. The number of aliphatic hydroxyl groups excluding tert-OH is 1. The Hall–Kier alpha value is -4.52. The summed E-state index contributed by atoms with van der Waals surface area (Å²) >= 11 is 0. The van der Waals surface area contributed by atoms with E-state index in [0.29, 0.717) is 29.4 Å².